The predicted octanol–water partition coefficient (Wildman–Crippen LogP) is 3.15. The first-order valence-electron chi connectivity index (χ1n) is 9.89. The van der Waals surface area contributed by atoms with Crippen LogP contribution in [0, 0.1) is 12.8 Å². The van der Waals surface area contributed by atoms with Crippen molar-refractivity contribution in [1.82, 2.24) is 4.90 Å². The highest BCUT2D eigenvalue weighted by molar-refractivity contribution is 6.31. The van der Waals surface area contributed by atoms with Crippen LogP contribution < -0.4 is 4.74 Å². The fourth-order valence-corrected chi connectivity index (χ4v) is 3.16. The number of amides is 1. The average molecular weight is 426 g/mol. The number of piperidine rings is 1. The van der Waals surface area contributed by atoms with E-state index in [1.165, 1.54) is 0 Å². The first kappa shape index (κ1) is 23.0. The minimum absolute atomic E-state index is 0.161. The Hall–Kier alpha value is -2.28. The maximum Gasteiger partial charge on any atom is 0.309 e. The highest BCUT2D eigenvalue weighted by Crippen LogP contribution is 2.21. The van der Waals surface area contributed by atoms with Crippen molar-refractivity contribution in [2.75, 3.05) is 32.9 Å². The second kappa shape index (κ2) is 11.7. The van der Waals surface area contributed by atoms with Crippen LogP contribution in [-0.4, -0.2) is 55.7 Å². The molecule has 8 heteroatoms. The molecular weight excluding hydrogens is 398 g/mol. The van der Waals surface area contributed by atoms with E-state index in [0.717, 1.165) is 5.56 Å². The van der Waals surface area contributed by atoms with Gasteiger partial charge in [0.2, 0.25) is 0 Å². The molecule has 0 saturated carbocycles. The molecule has 1 saturated heterocycles. The second-order valence-electron chi connectivity index (χ2n) is 6.93. The Morgan fingerprint density at radius 3 is 2.55 bits per heavy atom. The maximum atomic E-state index is 12.2. The molecule has 1 fully saturated rings. The molecule has 1 aliphatic heterocycles. The van der Waals surface area contributed by atoms with Gasteiger partial charge in [0.1, 0.15) is 5.75 Å². The van der Waals surface area contributed by atoms with Crippen LogP contribution in [0.5, 0.6) is 5.75 Å². The first-order chi connectivity index (χ1) is 13.9. The van der Waals surface area contributed by atoms with E-state index in [1.54, 1.807) is 24.0 Å². The number of halogens is 1. The van der Waals surface area contributed by atoms with Gasteiger partial charge in [-0.25, -0.2) is 0 Å². The first-order valence-corrected chi connectivity index (χ1v) is 10.3. The van der Waals surface area contributed by atoms with E-state index in [0.29, 0.717) is 56.3 Å². The summed E-state index contributed by atoms with van der Waals surface area (Å²) in [5, 5.41) is 0.677. The summed E-state index contributed by atoms with van der Waals surface area (Å²) in [6.45, 7) is 5.05. The molecule has 160 valence electrons. The van der Waals surface area contributed by atoms with Crippen molar-refractivity contribution >= 4 is 29.4 Å². The summed E-state index contributed by atoms with van der Waals surface area (Å²) < 4.78 is 15.7. The molecule has 1 aliphatic rings. The van der Waals surface area contributed by atoms with Crippen molar-refractivity contribution in [1.29, 1.82) is 0 Å². The third-order valence-corrected chi connectivity index (χ3v) is 5.17. The van der Waals surface area contributed by atoms with E-state index in [9.17, 15) is 14.4 Å². The molecule has 0 bridgehead atoms. The second-order valence-corrected chi connectivity index (χ2v) is 7.34. The number of aryl methyl sites for hydroxylation is 1. The highest BCUT2D eigenvalue weighted by atomic mass is 35.5. The zero-order chi connectivity index (χ0) is 21.2. The summed E-state index contributed by atoms with van der Waals surface area (Å²) in [5.41, 5.74) is 0.924. The third-order valence-electron chi connectivity index (χ3n) is 4.75. The van der Waals surface area contributed by atoms with E-state index >= 15 is 0 Å². The summed E-state index contributed by atoms with van der Waals surface area (Å²) >= 11 is 5.97. The number of hydrogen-bond acceptors (Lipinski definition) is 6. The summed E-state index contributed by atoms with van der Waals surface area (Å²) in [6.07, 6.45) is 1.80. The number of carbonyl (C=O) groups is 3. The number of hydrogen-bond donors (Lipinski definition) is 0. The molecule has 29 heavy (non-hydrogen) atoms. The van der Waals surface area contributed by atoms with Gasteiger partial charge < -0.3 is 19.1 Å². The lowest BCUT2D eigenvalue weighted by molar-refractivity contribution is -0.154. The molecule has 0 unspecified atom stereocenters. The van der Waals surface area contributed by atoms with Gasteiger partial charge in [-0.1, -0.05) is 11.6 Å². The molecule has 0 atom stereocenters. The van der Waals surface area contributed by atoms with Crippen LogP contribution in [0.4, 0.5) is 0 Å². The highest BCUT2D eigenvalue weighted by Gasteiger charge is 2.28. The number of ether oxygens (including phenoxy) is 3. The molecule has 1 aromatic carbocycles. The smallest absolute Gasteiger partial charge is 0.309 e. The average Bonchev–Trinajstić information content (AvgIpc) is 2.72. The Kier molecular flexibility index (Phi) is 9.25. The molecule has 7 nitrogen and oxygen atoms in total. The lowest BCUT2D eigenvalue weighted by Gasteiger charge is -2.30. The number of esters is 2. The van der Waals surface area contributed by atoms with E-state index in [1.807, 2.05) is 13.0 Å². The summed E-state index contributed by atoms with van der Waals surface area (Å²) in [7, 11) is 0. The van der Waals surface area contributed by atoms with E-state index in [-0.39, 0.29) is 30.8 Å². The lowest BCUT2D eigenvalue weighted by Crippen LogP contribution is -2.42. The number of rotatable bonds is 9. The van der Waals surface area contributed by atoms with Gasteiger partial charge in [0, 0.05) is 24.5 Å². The largest absolute Gasteiger partial charge is 0.494 e. The Morgan fingerprint density at radius 2 is 1.90 bits per heavy atom. The molecular formula is C21H28ClNO6. The Labute approximate surface area is 176 Å². The van der Waals surface area contributed by atoms with Crippen LogP contribution in [0.1, 0.15) is 38.2 Å². The normalized spacial score (nSPS) is 14.4. The van der Waals surface area contributed by atoms with Crippen LogP contribution in [0.25, 0.3) is 0 Å². The number of carbonyl (C=O) groups excluding carboxylic acids is 3. The van der Waals surface area contributed by atoms with Gasteiger partial charge in [-0.3, -0.25) is 14.4 Å². The van der Waals surface area contributed by atoms with E-state index in [4.69, 9.17) is 25.8 Å². The van der Waals surface area contributed by atoms with Gasteiger partial charge in [0.15, 0.2) is 6.61 Å². The SMILES string of the molecule is CCOC(=O)C1CCN(C(=O)COC(=O)CCCOc2ccc(Cl)c(C)c2)CC1. The van der Waals surface area contributed by atoms with Crippen LogP contribution in [-0.2, 0) is 23.9 Å². The molecule has 1 aromatic rings. The Balaban J connectivity index is 1.59. The monoisotopic (exact) mass is 425 g/mol. The lowest BCUT2D eigenvalue weighted by atomic mass is 9.97. The molecule has 1 heterocycles. The van der Waals surface area contributed by atoms with Gasteiger partial charge in [-0.15, -0.1) is 0 Å². The molecule has 0 radical (unpaired) electrons. The Bertz CT molecular complexity index is 715. The van der Waals surface area contributed by atoms with Crippen LogP contribution in [0.15, 0.2) is 18.2 Å². The van der Waals surface area contributed by atoms with Gasteiger partial charge in [0.25, 0.3) is 5.91 Å². The van der Waals surface area contributed by atoms with Gasteiger partial charge in [0.05, 0.1) is 19.1 Å². The predicted molar refractivity (Wildman–Crippen MR) is 108 cm³/mol. The zero-order valence-corrected chi connectivity index (χ0v) is 17.7. The summed E-state index contributed by atoms with van der Waals surface area (Å²) in [6, 6.07) is 5.38. The number of benzene rings is 1. The van der Waals surface area contributed by atoms with Gasteiger partial charge in [-0.05, 0) is 56.9 Å². The number of likely N-dealkylation sites (tertiary alicyclic amines) is 1. The molecule has 1 amide bonds. The topological polar surface area (TPSA) is 82.1 Å². The minimum Gasteiger partial charge on any atom is -0.494 e. The van der Waals surface area contributed by atoms with Crippen molar-refractivity contribution in [2.45, 2.75) is 39.5 Å². The zero-order valence-electron chi connectivity index (χ0n) is 16.9. The minimum atomic E-state index is -0.435. The standard InChI is InChI=1S/C21H28ClNO6/c1-3-27-21(26)16-8-10-23(11-9-16)19(24)14-29-20(25)5-4-12-28-17-6-7-18(22)15(2)13-17/h6-7,13,16H,3-5,8-12,14H2,1-2H3. The maximum absolute atomic E-state index is 12.2. The Morgan fingerprint density at radius 1 is 1.17 bits per heavy atom. The van der Waals surface area contributed by atoms with Gasteiger partial charge >= 0.3 is 11.9 Å². The fraction of sp³-hybridized carbons (Fsp3) is 0.571. The van der Waals surface area contributed by atoms with Crippen molar-refractivity contribution in [3.8, 4) is 5.75 Å². The molecule has 0 spiro atoms. The van der Waals surface area contributed by atoms with Crippen LogP contribution >= 0.6 is 11.6 Å². The molecule has 0 aliphatic carbocycles. The molecule has 0 aromatic heterocycles. The van der Waals surface area contributed by atoms with E-state index < -0.39 is 5.97 Å². The van der Waals surface area contributed by atoms with Crippen LogP contribution in [0.2, 0.25) is 5.02 Å². The fourth-order valence-electron chi connectivity index (χ4n) is 3.04. The number of nitrogens with zero attached hydrogens (tertiary/aromatic N) is 1. The van der Waals surface area contributed by atoms with Crippen molar-refractivity contribution in [3.05, 3.63) is 28.8 Å². The van der Waals surface area contributed by atoms with Crippen molar-refractivity contribution in [3.63, 3.8) is 0 Å². The van der Waals surface area contributed by atoms with Crippen molar-refractivity contribution in [2.24, 2.45) is 5.92 Å². The summed E-state index contributed by atoms with van der Waals surface area (Å²) in [4.78, 5) is 37.3. The van der Waals surface area contributed by atoms with Gasteiger partial charge in [-0.2, -0.15) is 0 Å². The van der Waals surface area contributed by atoms with Crippen molar-refractivity contribution < 1.29 is 28.6 Å². The molecule has 0 N–H and O–H groups in total. The third kappa shape index (κ3) is 7.57. The van der Waals surface area contributed by atoms with E-state index in [2.05, 4.69) is 0 Å². The van der Waals surface area contributed by atoms with Crippen LogP contribution in [0.3, 0.4) is 0 Å². The molecule has 2 rings (SSSR count). The quantitative estimate of drug-likeness (QED) is 0.446. The summed E-state index contributed by atoms with van der Waals surface area (Å²) in [5.74, 6) is -0.348.